The van der Waals surface area contributed by atoms with Crippen LogP contribution in [0.2, 0.25) is 0 Å². The molecule has 1 aliphatic rings. The van der Waals surface area contributed by atoms with Crippen LogP contribution in [0.5, 0.6) is 0 Å². The molecule has 1 unspecified atom stereocenters. The number of aryl methyl sites for hydroxylation is 1. The molecule has 0 saturated carbocycles. The van der Waals surface area contributed by atoms with Crippen molar-refractivity contribution in [2.24, 2.45) is 0 Å². The number of benzene rings is 1. The first-order valence-corrected chi connectivity index (χ1v) is 9.14. The van der Waals surface area contributed by atoms with Gasteiger partial charge < -0.3 is 15.2 Å². The molecule has 28 heavy (non-hydrogen) atoms. The molecule has 2 heterocycles. The van der Waals surface area contributed by atoms with E-state index in [1.807, 2.05) is 45.2 Å². The summed E-state index contributed by atoms with van der Waals surface area (Å²) in [7, 11) is 2.00. The number of halogens is 2. The molecule has 1 saturated heterocycles. The highest BCUT2D eigenvalue weighted by atomic mass is 35.5. The van der Waals surface area contributed by atoms with Crippen molar-refractivity contribution in [3.63, 3.8) is 0 Å². The Morgan fingerprint density at radius 1 is 1.32 bits per heavy atom. The highest BCUT2D eigenvalue weighted by molar-refractivity contribution is 5.85. The number of hydrogen-bond acceptors (Lipinski definition) is 6. The average molecular weight is 430 g/mol. The molecule has 2 N–H and O–H groups in total. The summed E-state index contributed by atoms with van der Waals surface area (Å²) < 4.78 is 5.36. The van der Waals surface area contributed by atoms with Gasteiger partial charge in [-0.15, -0.1) is 24.8 Å². The number of carbonyl (C=O) groups is 1. The smallest absolute Gasteiger partial charge is 0.249 e. The van der Waals surface area contributed by atoms with E-state index in [0.29, 0.717) is 24.3 Å². The second-order valence-corrected chi connectivity index (χ2v) is 6.96. The molecule has 0 spiro atoms. The van der Waals surface area contributed by atoms with Crippen LogP contribution in [0.1, 0.15) is 37.3 Å². The molecule has 1 atom stereocenters. The summed E-state index contributed by atoms with van der Waals surface area (Å²) in [5, 5.41) is 10.3. The Labute approximate surface area is 178 Å². The van der Waals surface area contributed by atoms with Gasteiger partial charge in [0.25, 0.3) is 0 Å². The zero-order valence-corrected chi connectivity index (χ0v) is 18.1. The van der Waals surface area contributed by atoms with E-state index >= 15 is 0 Å². The van der Waals surface area contributed by atoms with Gasteiger partial charge in [-0.1, -0.05) is 29.4 Å². The maximum atomic E-state index is 12.4. The first-order valence-electron chi connectivity index (χ1n) is 9.14. The summed E-state index contributed by atoms with van der Waals surface area (Å²) in [6, 6.07) is 8.01. The van der Waals surface area contributed by atoms with Crippen molar-refractivity contribution in [2.45, 2.75) is 38.8 Å². The molecule has 0 radical (unpaired) electrons. The fourth-order valence-electron chi connectivity index (χ4n) is 3.30. The third-order valence-corrected chi connectivity index (χ3v) is 4.90. The summed E-state index contributed by atoms with van der Waals surface area (Å²) in [4.78, 5) is 18.9. The van der Waals surface area contributed by atoms with Crippen LogP contribution >= 0.6 is 24.8 Å². The van der Waals surface area contributed by atoms with E-state index < -0.39 is 0 Å². The molecule has 9 heteroatoms. The number of amides is 1. The standard InChI is InChI=1S/C19H27N5O2.2ClH/c1-13-6-4-5-7-16(13)18-22-19(26-23-18)14(2)21-17(25)12-24(3)15-8-10-20-11-9-15;;/h4-7,14-15,20H,8-12H2,1-3H3,(H,21,25);2*1H. The highest BCUT2D eigenvalue weighted by Crippen LogP contribution is 2.21. The van der Waals surface area contributed by atoms with Crippen LogP contribution in [0.3, 0.4) is 0 Å². The van der Waals surface area contributed by atoms with E-state index in [1.165, 1.54) is 0 Å². The Morgan fingerprint density at radius 3 is 2.68 bits per heavy atom. The molecule has 1 aromatic heterocycles. The Morgan fingerprint density at radius 2 is 2.00 bits per heavy atom. The van der Waals surface area contributed by atoms with Gasteiger partial charge in [-0.05, 0) is 52.4 Å². The number of nitrogens with zero attached hydrogens (tertiary/aromatic N) is 3. The summed E-state index contributed by atoms with van der Waals surface area (Å²) in [5.41, 5.74) is 2.02. The van der Waals surface area contributed by atoms with E-state index in [0.717, 1.165) is 37.1 Å². The molecule has 0 bridgehead atoms. The van der Waals surface area contributed by atoms with Crippen LogP contribution in [0.4, 0.5) is 0 Å². The minimum atomic E-state index is -0.325. The number of likely N-dealkylation sites (N-methyl/N-ethyl adjacent to an activating group) is 1. The minimum Gasteiger partial charge on any atom is -0.343 e. The van der Waals surface area contributed by atoms with E-state index in [2.05, 4.69) is 25.7 Å². The van der Waals surface area contributed by atoms with E-state index in [-0.39, 0.29) is 36.8 Å². The van der Waals surface area contributed by atoms with Gasteiger partial charge in [-0.2, -0.15) is 4.98 Å². The quantitative estimate of drug-likeness (QED) is 0.734. The zero-order valence-electron chi connectivity index (χ0n) is 16.5. The molecular weight excluding hydrogens is 401 g/mol. The van der Waals surface area contributed by atoms with Crippen molar-refractivity contribution in [2.75, 3.05) is 26.7 Å². The lowest BCUT2D eigenvalue weighted by atomic mass is 10.1. The second kappa shape index (κ2) is 11.4. The SMILES string of the molecule is Cc1ccccc1-c1noc(C(C)NC(=O)CN(C)C2CCNCC2)n1.Cl.Cl. The summed E-state index contributed by atoms with van der Waals surface area (Å²) in [5.74, 6) is 0.932. The zero-order chi connectivity index (χ0) is 18.5. The van der Waals surface area contributed by atoms with Crippen molar-refractivity contribution in [1.82, 2.24) is 25.7 Å². The topological polar surface area (TPSA) is 83.3 Å². The average Bonchev–Trinajstić information content (AvgIpc) is 3.12. The maximum absolute atomic E-state index is 12.4. The van der Waals surface area contributed by atoms with Crippen molar-refractivity contribution >= 4 is 30.7 Å². The van der Waals surface area contributed by atoms with Crippen LogP contribution in [-0.4, -0.2) is 53.7 Å². The Balaban J connectivity index is 0.00000196. The van der Waals surface area contributed by atoms with Gasteiger partial charge in [0, 0.05) is 11.6 Å². The van der Waals surface area contributed by atoms with Crippen molar-refractivity contribution < 1.29 is 9.32 Å². The number of piperidine rings is 1. The molecule has 7 nitrogen and oxygen atoms in total. The Kier molecular flexibility index (Phi) is 9.89. The van der Waals surface area contributed by atoms with Gasteiger partial charge >= 0.3 is 0 Å². The van der Waals surface area contributed by atoms with Gasteiger partial charge in [0.05, 0.1) is 6.54 Å². The lowest BCUT2D eigenvalue weighted by Gasteiger charge is -2.31. The Hall–Kier alpha value is -1.67. The molecular formula is C19H29Cl2N5O2. The predicted octanol–water partition coefficient (Wildman–Crippen LogP) is 2.75. The van der Waals surface area contributed by atoms with Crippen LogP contribution in [-0.2, 0) is 4.79 Å². The van der Waals surface area contributed by atoms with Crippen molar-refractivity contribution in [3.05, 3.63) is 35.7 Å². The van der Waals surface area contributed by atoms with Gasteiger partial charge in [0.15, 0.2) is 0 Å². The Bertz CT molecular complexity index is 749. The summed E-state index contributed by atoms with van der Waals surface area (Å²) >= 11 is 0. The third-order valence-electron chi connectivity index (χ3n) is 4.90. The van der Waals surface area contributed by atoms with Crippen LogP contribution < -0.4 is 10.6 Å². The number of nitrogens with one attached hydrogen (secondary N) is 2. The highest BCUT2D eigenvalue weighted by Gasteiger charge is 2.22. The van der Waals surface area contributed by atoms with Gasteiger partial charge in [-0.3, -0.25) is 9.69 Å². The lowest BCUT2D eigenvalue weighted by Crippen LogP contribution is -2.45. The largest absolute Gasteiger partial charge is 0.343 e. The van der Waals surface area contributed by atoms with Crippen LogP contribution in [0.15, 0.2) is 28.8 Å². The van der Waals surface area contributed by atoms with Gasteiger partial charge in [-0.25, -0.2) is 0 Å². The number of carbonyl (C=O) groups excluding carboxylic acids is 1. The number of rotatable bonds is 6. The molecule has 1 aromatic carbocycles. The fraction of sp³-hybridized carbons (Fsp3) is 0.526. The predicted molar refractivity (Wildman–Crippen MR) is 114 cm³/mol. The van der Waals surface area contributed by atoms with E-state index in [1.54, 1.807) is 0 Å². The van der Waals surface area contributed by atoms with E-state index in [9.17, 15) is 4.79 Å². The molecule has 0 aliphatic carbocycles. The summed E-state index contributed by atoms with van der Waals surface area (Å²) in [6.07, 6.45) is 2.14. The molecule has 1 aliphatic heterocycles. The fourth-order valence-corrected chi connectivity index (χ4v) is 3.30. The van der Waals surface area contributed by atoms with Gasteiger partial charge in [0.2, 0.25) is 17.6 Å². The van der Waals surface area contributed by atoms with Gasteiger partial charge in [0.1, 0.15) is 6.04 Å². The van der Waals surface area contributed by atoms with Crippen molar-refractivity contribution in [1.29, 1.82) is 0 Å². The first-order chi connectivity index (χ1) is 12.5. The summed E-state index contributed by atoms with van der Waals surface area (Å²) in [6.45, 7) is 6.26. The molecule has 1 amide bonds. The molecule has 2 aromatic rings. The molecule has 156 valence electrons. The van der Waals surface area contributed by atoms with Crippen LogP contribution in [0.25, 0.3) is 11.4 Å². The third kappa shape index (κ3) is 6.17. The normalized spacial score (nSPS) is 15.4. The first kappa shape index (κ1) is 24.4. The number of aromatic nitrogens is 2. The lowest BCUT2D eigenvalue weighted by molar-refractivity contribution is -0.123. The van der Waals surface area contributed by atoms with E-state index in [4.69, 9.17) is 4.52 Å². The maximum Gasteiger partial charge on any atom is 0.249 e. The molecule has 1 fully saturated rings. The van der Waals surface area contributed by atoms with Crippen molar-refractivity contribution in [3.8, 4) is 11.4 Å². The number of hydrogen-bond donors (Lipinski definition) is 2. The second-order valence-electron chi connectivity index (χ2n) is 6.96. The monoisotopic (exact) mass is 429 g/mol. The molecule has 3 rings (SSSR count). The van der Waals surface area contributed by atoms with Crippen LogP contribution in [0, 0.1) is 6.92 Å². The minimum absolute atomic E-state index is 0.